The average Bonchev–Trinajstić information content (AvgIpc) is 2.96. The highest BCUT2D eigenvalue weighted by Gasteiger charge is 2.49. The number of aliphatic hydroxyl groups excluding tert-OH is 2. The smallest absolute Gasteiger partial charge is 0.314 e. The number of anilines is 1. The largest absolute Gasteiger partial charge is 0.481 e. The van der Waals surface area contributed by atoms with Gasteiger partial charge < -0.3 is 24.8 Å². The van der Waals surface area contributed by atoms with Crippen LogP contribution in [0.3, 0.4) is 0 Å². The van der Waals surface area contributed by atoms with E-state index in [1.54, 1.807) is 0 Å². The van der Waals surface area contributed by atoms with Gasteiger partial charge in [0, 0.05) is 19.6 Å². The van der Waals surface area contributed by atoms with E-state index in [-0.39, 0.29) is 13.2 Å². The molecule has 0 aliphatic carbocycles. The van der Waals surface area contributed by atoms with Crippen LogP contribution in [0.2, 0.25) is 0 Å². The molecule has 1 aromatic heterocycles. The van der Waals surface area contributed by atoms with Gasteiger partial charge in [0.25, 0.3) is 0 Å². The van der Waals surface area contributed by atoms with E-state index in [0.29, 0.717) is 38.3 Å². The first-order valence-corrected chi connectivity index (χ1v) is 8.76. The fourth-order valence-corrected chi connectivity index (χ4v) is 3.88. The second-order valence-corrected chi connectivity index (χ2v) is 6.71. The molecule has 1 aliphatic heterocycles. The number of imidazole rings is 1. The number of nitrogens with zero attached hydrogens (tertiary/aromatic N) is 3. The van der Waals surface area contributed by atoms with Crippen LogP contribution in [-0.4, -0.2) is 56.6 Å². The standard InChI is InChI=1S/C18H25N3O4/c1-2-8-18(16(24)25)12-20(9-7-15(18)23)17-19-13-5-3-4-6-14(13)21(17)10-11-22/h3-6,15,22-23H,2,7-12H2,1H3,(H,24,25)/t15-,18-/m0/s1. The van der Waals surface area contributed by atoms with E-state index < -0.39 is 17.5 Å². The number of hydrogen-bond acceptors (Lipinski definition) is 5. The number of aliphatic hydroxyl groups is 2. The average molecular weight is 347 g/mol. The van der Waals surface area contributed by atoms with E-state index in [1.807, 2.05) is 40.7 Å². The fourth-order valence-electron chi connectivity index (χ4n) is 3.88. The Balaban J connectivity index is 2.03. The third-order valence-electron chi connectivity index (χ3n) is 5.15. The highest BCUT2D eigenvalue weighted by Crippen LogP contribution is 2.37. The predicted molar refractivity (Wildman–Crippen MR) is 94.6 cm³/mol. The van der Waals surface area contributed by atoms with Crippen LogP contribution >= 0.6 is 0 Å². The Labute approximate surface area is 146 Å². The van der Waals surface area contributed by atoms with Crippen molar-refractivity contribution in [1.29, 1.82) is 0 Å². The first-order valence-electron chi connectivity index (χ1n) is 8.76. The molecule has 1 saturated heterocycles. The molecule has 0 bridgehead atoms. The van der Waals surface area contributed by atoms with Crippen LogP contribution in [0.1, 0.15) is 26.2 Å². The van der Waals surface area contributed by atoms with Gasteiger partial charge in [-0.15, -0.1) is 0 Å². The van der Waals surface area contributed by atoms with Gasteiger partial charge in [-0.05, 0) is 25.0 Å². The van der Waals surface area contributed by atoms with Crippen LogP contribution in [0.25, 0.3) is 11.0 Å². The Kier molecular flexibility index (Phi) is 4.96. The summed E-state index contributed by atoms with van der Waals surface area (Å²) in [6.45, 7) is 3.05. The zero-order valence-electron chi connectivity index (χ0n) is 14.4. The van der Waals surface area contributed by atoms with E-state index >= 15 is 0 Å². The molecule has 1 aliphatic rings. The molecule has 3 N–H and O–H groups in total. The summed E-state index contributed by atoms with van der Waals surface area (Å²) >= 11 is 0. The van der Waals surface area contributed by atoms with Gasteiger partial charge in [0.1, 0.15) is 5.41 Å². The molecule has 1 aromatic carbocycles. The first kappa shape index (κ1) is 17.7. The summed E-state index contributed by atoms with van der Waals surface area (Å²) in [5, 5.41) is 29.7. The lowest BCUT2D eigenvalue weighted by Crippen LogP contribution is -2.56. The number of aliphatic carboxylic acids is 1. The molecule has 0 spiro atoms. The molecular weight excluding hydrogens is 322 g/mol. The van der Waals surface area contributed by atoms with Gasteiger partial charge in [0.2, 0.25) is 5.95 Å². The van der Waals surface area contributed by atoms with Crippen molar-refractivity contribution < 1.29 is 20.1 Å². The number of carbonyl (C=O) groups is 1. The number of hydrogen-bond donors (Lipinski definition) is 3. The van der Waals surface area contributed by atoms with Crippen molar-refractivity contribution in [3.05, 3.63) is 24.3 Å². The number of fused-ring (bicyclic) bond motifs is 1. The Hall–Kier alpha value is -2.12. The zero-order valence-corrected chi connectivity index (χ0v) is 14.4. The van der Waals surface area contributed by atoms with Gasteiger partial charge in [-0.3, -0.25) is 4.79 Å². The molecule has 2 aromatic rings. The number of piperidine rings is 1. The minimum absolute atomic E-state index is 0.0249. The van der Waals surface area contributed by atoms with Crippen LogP contribution in [0.4, 0.5) is 5.95 Å². The number of carboxylic acids is 1. The van der Waals surface area contributed by atoms with Crippen molar-refractivity contribution in [1.82, 2.24) is 9.55 Å². The van der Waals surface area contributed by atoms with Crippen molar-refractivity contribution in [2.75, 3.05) is 24.6 Å². The Morgan fingerprint density at radius 1 is 1.40 bits per heavy atom. The first-order chi connectivity index (χ1) is 12.0. The van der Waals surface area contributed by atoms with Gasteiger partial charge >= 0.3 is 5.97 Å². The van der Waals surface area contributed by atoms with E-state index in [4.69, 9.17) is 0 Å². The molecule has 0 unspecified atom stereocenters. The summed E-state index contributed by atoms with van der Waals surface area (Å²) in [6.07, 6.45) is 0.621. The molecule has 0 amide bonds. The summed E-state index contributed by atoms with van der Waals surface area (Å²) in [5.41, 5.74) is 0.539. The third-order valence-corrected chi connectivity index (χ3v) is 5.15. The maximum absolute atomic E-state index is 12.0. The van der Waals surface area contributed by atoms with Gasteiger partial charge in [0.05, 0.1) is 23.7 Å². The zero-order chi connectivity index (χ0) is 18.0. The minimum atomic E-state index is -1.19. The van der Waals surface area contributed by atoms with Gasteiger partial charge in [0.15, 0.2) is 0 Å². The van der Waals surface area contributed by atoms with E-state index in [9.17, 15) is 20.1 Å². The molecule has 0 radical (unpaired) electrons. The van der Waals surface area contributed by atoms with Crippen LogP contribution in [0.15, 0.2) is 24.3 Å². The number of para-hydroxylation sites is 2. The second-order valence-electron chi connectivity index (χ2n) is 6.71. The highest BCUT2D eigenvalue weighted by molar-refractivity contribution is 5.80. The summed E-state index contributed by atoms with van der Waals surface area (Å²) in [6, 6.07) is 7.67. The number of rotatable bonds is 6. The minimum Gasteiger partial charge on any atom is -0.481 e. The lowest BCUT2D eigenvalue weighted by Gasteiger charge is -2.43. The molecule has 3 rings (SSSR count). The van der Waals surface area contributed by atoms with Crippen LogP contribution in [0, 0.1) is 5.41 Å². The number of benzene rings is 1. The van der Waals surface area contributed by atoms with E-state index in [2.05, 4.69) is 4.98 Å². The molecule has 2 heterocycles. The fraction of sp³-hybridized carbons (Fsp3) is 0.556. The molecule has 7 heteroatoms. The van der Waals surface area contributed by atoms with Gasteiger partial charge in [-0.1, -0.05) is 25.5 Å². The predicted octanol–water partition coefficient (Wildman–Crippen LogP) is 1.47. The van der Waals surface area contributed by atoms with Crippen LogP contribution in [-0.2, 0) is 11.3 Å². The quantitative estimate of drug-likeness (QED) is 0.732. The van der Waals surface area contributed by atoms with Gasteiger partial charge in [-0.25, -0.2) is 4.98 Å². The second kappa shape index (κ2) is 7.01. The molecule has 7 nitrogen and oxygen atoms in total. The van der Waals surface area contributed by atoms with Crippen molar-refractivity contribution in [3.63, 3.8) is 0 Å². The van der Waals surface area contributed by atoms with Crippen LogP contribution in [0.5, 0.6) is 0 Å². The topological polar surface area (TPSA) is 98.8 Å². The number of carboxylic acid groups (broad SMARTS) is 1. The summed E-state index contributed by atoms with van der Waals surface area (Å²) in [7, 11) is 0. The Bertz CT molecular complexity index is 760. The van der Waals surface area contributed by atoms with E-state index in [1.165, 1.54) is 0 Å². The molecule has 25 heavy (non-hydrogen) atoms. The lowest BCUT2D eigenvalue weighted by atomic mass is 9.74. The molecular formula is C18H25N3O4. The normalized spacial score (nSPS) is 24.0. The van der Waals surface area contributed by atoms with Crippen molar-refractivity contribution >= 4 is 23.0 Å². The van der Waals surface area contributed by atoms with Crippen molar-refractivity contribution in [3.8, 4) is 0 Å². The van der Waals surface area contributed by atoms with Crippen molar-refractivity contribution in [2.45, 2.75) is 38.8 Å². The molecule has 1 fully saturated rings. The summed E-state index contributed by atoms with van der Waals surface area (Å²) < 4.78 is 1.92. The number of aromatic nitrogens is 2. The molecule has 0 saturated carbocycles. The summed E-state index contributed by atoms with van der Waals surface area (Å²) in [5.74, 6) is -0.305. The SMILES string of the molecule is CCC[C@]1(C(=O)O)CN(c2nc3ccccc3n2CCO)CC[C@@H]1O. The lowest BCUT2D eigenvalue weighted by molar-refractivity contribution is -0.158. The van der Waals surface area contributed by atoms with Crippen molar-refractivity contribution in [2.24, 2.45) is 5.41 Å². The molecule has 2 atom stereocenters. The Morgan fingerprint density at radius 3 is 2.84 bits per heavy atom. The van der Waals surface area contributed by atoms with Crippen LogP contribution < -0.4 is 4.90 Å². The van der Waals surface area contributed by atoms with Gasteiger partial charge in [-0.2, -0.15) is 0 Å². The Morgan fingerprint density at radius 2 is 2.16 bits per heavy atom. The monoisotopic (exact) mass is 347 g/mol. The third kappa shape index (κ3) is 2.98. The highest BCUT2D eigenvalue weighted by atomic mass is 16.4. The molecule has 136 valence electrons. The maximum atomic E-state index is 12.0. The summed E-state index contributed by atoms with van der Waals surface area (Å²) in [4.78, 5) is 18.6. The maximum Gasteiger partial charge on any atom is 0.314 e. The van der Waals surface area contributed by atoms with E-state index in [0.717, 1.165) is 11.0 Å².